The van der Waals surface area contributed by atoms with Gasteiger partial charge in [0, 0.05) is 48.6 Å². The molecule has 3 heterocycles. The molecule has 0 bridgehead atoms. The van der Waals surface area contributed by atoms with Gasteiger partial charge in [-0.3, -0.25) is 9.88 Å². The smallest absolute Gasteiger partial charge is 0.120 e. The predicted octanol–water partition coefficient (Wildman–Crippen LogP) is 5.29. The fourth-order valence-electron chi connectivity index (χ4n) is 3.92. The Hall–Kier alpha value is -3.31. The molecule has 5 nitrogen and oxygen atoms in total. The molecule has 154 valence electrons. The molecule has 0 amide bonds. The Bertz CT molecular complexity index is 1090. The first kappa shape index (κ1) is 20.0. The molecule has 0 unspecified atom stereocenters. The van der Waals surface area contributed by atoms with E-state index in [1.807, 2.05) is 42.7 Å². The number of hydrogen-bond acceptors (Lipinski definition) is 4. The molecule has 0 spiro atoms. The van der Waals surface area contributed by atoms with E-state index < -0.39 is 0 Å². The van der Waals surface area contributed by atoms with Gasteiger partial charge in [-0.1, -0.05) is 12.1 Å². The van der Waals surface area contributed by atoms with Gasteiger partial charge < -0.3 is 13.7 Å². The summed E-state index contributed by atoms with van der Waals surface area (Å²) in [6.07, 6.45) is 5.46. The largest absolute Gasteiger partial charge is 0.497 e. The van der Waals surface area contributed by atoms with Gasteiger partial charge in [-0.25, -0.2) is 0 Å². The Kier molecular flexibility index (Phi) is 6.00. The SMILES string of the molecule is COc1cccc(-n2c(C)cc(CN(Cc3cccnc3)Cc3ccco3)c2C)c1. The maximum absolute atomic E-state index is 5.62. The van der Waals surface area contributed by atoms with Crippen molar-refractivity contribution in [1.82, 2.24) is 14.5 Å². The zero-order chi connectivity index (χ0) is 20.9. The van der Waals surface area contributed by atoms with Gasteiger partial charge in [0.25, 0.3) is 0 Å². The van der Waals surface area contributed by atoms with Crippen LogP contribution in [0.4, 0.5) is 0 Å². The van der Waals surface area contributed by atoms with Gasteiger partial charge in [-0.2, -0.15) is 0 Å². The van der Waals surface area contributed by atoms with Crippen LogP contribution in [-0.2, 0) is 19.6 Å². The highest BCUT2D eigenvalue weighted by molar-refractivity contribution is 5.45. The first-order valence-electron chi connectivity index (χ1n) is 10.1. The fraction of sp³-hybridized carbons (Fsp3) is 0.240. The average molecular weight is 402 g/mol. The molecule has 0 saturated heterocycles. The molecule has 0 aliphatic rings. The van der Waals surface area contributed by atoms with E-state index in [1.54, 1.807) is 13.4 Å². The molecule has 0 radical (unpaired) electrons. The number of furan rings is 1. The van der Waals surface area contributed by atoms with Crippen LogP contribution >= 0.6 is 0 Å². The quantitative estimate of drug-likeness (QED) is 0.402. The van der Waals surface area contributed by atoms with Crippen molar-refractivity contribution in [3.8, 4) is 11.4 Å². The van der Waals surface area contributed by atoms with Crippen LogP contribution in [0.2, 0.25) is 0 Å². The Balaban J connectivity index is 1.62. The Labute approximate surface area is 177 Å². The first-order valence-corrected chi connectivity index (χ1v) is 10.1. The zero-order valence-corrected chi connectivity index (χ0v) is 17.7. The molecule has 0 aliphatic heterocycles. The van der Waals surface area contributed by atoms with Gasteiger partial charge >= 0.3 is 0 Å². The van der Waals surface area contributed by atoms with Crippen LogP contribution in [0, 0.1) is 13.8 Å². The monoisotopic (exact) mass is 401 g/mol. The second-order valence-corrected chi connectivity index (χ2v) is 7.52. The predicted molar refractivity (Wildman–Crippen MR) is 118 cm³/mol. The van der Waals surface area contributed by atoms with Crippen molar-refractivity contribution in [3.63, 3.8) is 0 Å². The lowest BCUT2D eigenvalue weighted by Crippen LogP contribution is -2.22. The molecule has 0 saturated carbocycles. The van der Waals surface area contributed by atoms with E-state index in [9.17, 15) is 0 Å². The lowest BCUT2D eigenvalue weighted by atomic mass is 10.2. The van der Waals surface area contributed by atoms with Crippen molar-refractivity contribution in [2.45, 2.75) is 33.5 Å². The Morgan fingerprint density at radius 2 is 1.90 bits per heavy atom. The van der Waals surface area contributed by atoms with E-state index in [1.165, 1.54) is 22.5 Å². The fourth-order valence-corrected chi connectivity index (χ4v) is 3.92. The molecular formula is C25H27N3O2. The zero-order valence-electron chi connectivity index (χ0n) is 17.7. The molecule has 0 aliphatic carbocycles. The van der Waals surface area contributed by atoms with Crippen molar-refractivity contribution in [2.24, 2.45) is 0 Å². The van der Waals surface area contributed by atoms with E-state index in [0.717, 1.165) is 36.8 Å². The van der Waals surface area contributed by atoms with Gasteiger partial charge in [0.1, 0.15) is 11.5 Å². The second kappa shape index (κ2) is 9.01. The van der Waals surface area contributed by atoms with E-state index in [-0.39, 0.29) is 0 Å². The summed E-state index contributed by atoms with van der Waals surface area (Å²) in [5, 5.41) is 0. The number of benzene rings is 1. The topological polar surface area (TPSA) is 43.4 Å². The standard InChI is InChI=1S/C25H27N3O2/c1-19-13-22(20(2)28(19)23-8-4-9-24(14-23)29-3)17-27(18-25-10-6-12-30-25)16-21-7-5-11-26-15-21/h4-15H,16-18H2,1-3H3. The number of ether oxygens (including phenoxy) is 1. The van der Waals surface area contributed by atoms with Crippen molar-refractivity contribution in [3.05, 3.63) is 102 Å². The molecule has 0 N–H and O–H groups in total. The van der Waals surface area contributed by atoms with Gasteiger partial charge in [0.2, 0.25) is 0 Å². The number of hydrogen-bond donors (Lipinski definition) is 0. The summed E-state index contributed by atoms with van der Waals surface area (Å²) in [4.78, 5) is 6.65. The van der Waals surface area contributed by atoms with Crippen LogP contribution in [0.15, 0.2) is 77.7 Å². The highest BCUT2D eigenvalue weighted by Crippen LogP contribution is 2.25. The lowest BCUT2D eigenvalue weighted by Gasteiger charge is -2.21. The molecule has 0 atom stereocenters. The average Bonchev–Trinajstić information content (AvgIpc) is 3.36. The van der Waals surface area contributed by atoms with Crippen LogP contribution in [-0.4, -0.2) is 21.6 Å². The van der Waals surface area contributed by atoms with Crippen LogP contribution < -0.4 is 4.74 Å². The molecule has 4 rings (SSSR count). The molecule has 4 aromatic rings. The van der Waals surface area contributed by atoms with Gasteiger partial charge in [0.15, 0.2) is 0 Å². The number of rotatable bonds is 8. The summed E-state index contributed by atoms with van der Waals surface area (Å²) in [6.45, 7) is 6.69. The molecule has 1 aromatic carbocycles. The van der Waals surface area contributed by atoms with Crippen molar-refractivity contribution in [2.75, 3.05) is 7.11 Å². The number of aromatic nitrogens is 2. The van der Waals surface area contributed by atoms with Gasteiger partial charge in [-0.15, -0.1) is 0 Å². The normalized spacial score (nSPS) is 11.2. The minimum Gasteiger partial charge on any atom is -0.497 e. The molecular weight excluding hydrogens is 374 g/mol. The number of aryl methyl sites for hydroxylation is 1. The molecule has 3 aromatic heterocycles. The van der Waals surface area contributed by atoms with Crippen LogP contribution in [0.5, 0.6) is 5.75 Å². The van der Waals surface area contributed by atoms with Gasteiger partial charge in [0.05, 0.1) is 19.9 Å². The third kappa shape index (κ3) is 4.47. The van der Waals surface area contributed by atoms with E-state index in [0.29, 0.717) is 0 Å². The Morgan fingerprint density at radius 1 is 1.00 bits per heavy atom. The van der Waals surface area contributed by atoms with Crippen molar-refractivity contribution >= 4 is 0 Å². The van der Waals surface area contributed by atoms with Crippen LogP contribution in [0.25, 0.3) is 5.69 Å². The highest BCUT2D eigenvalue weighted by Gasteiger charge is 2.16. The first-order chi connectivity index (χ1) is 14.6. The van der Waals surface area contributed by atoms with Crippen molar-refractivity contribution < 1.29 is 9.15 Å². The molecule has 0 fully saturated rings. The van der Waals surface area contributed by atoms with E-state index in [4.69, 9.17) is 9.15 Å². The van der Waals surface area contributed by atoms with Gasteiger partial charge in [-0.05, 0) is 61.4 Å². The minimum absolute atomic E-state index is 0.741. The summed E-state index contributed by atoms with van der Waals surface area (Å²) in [5.74, 6) is 1.82. The lowest BCUT2D eigenvalue weighted by molar-refractivity contribution is 0.226. The number of nitrogens with zero attached hydrogens (tertiary/aromatic N) is 3. The summed E-state index contributed by atoms with van der Waals surface area (Å²) in [6, 6.07) is 18.5. The van der Waals surface area contributed by atoms with E-state index >= 15 is 0 Å². The molecule has 30 heavy (non-hydrogen) atoms. The van der Waals surface area contributed by atoms with Crippen LogP contribution in [0.3, 0.4) is 0 Å². The minimum atomic E-state index is 0.741. The summed E-state index contributed by atoms with van der Waals surface area (Å²) >= 11 is 0. The van der Waals surface area contributed by atoms with E-state index in [2.05, 4.69) is 52.6 Å². The van der Waals surface area contributed by atoms with Crippen molar-refractivity contribution in [1.29, 1.82) is 0 Å². The number of pyridine rings is 1. The third-order valence-electron chi connectivity index (χ3n) is 5.33. The summed E-state index contributed by atoms with van der Waals surface area (Å²) in [5.41, 5.74) is 6.03. The Morgan fingerprint density at radius 3 is 2.63 bits per heavy atom. The second-order valence-electron chi connectivity index (χ2n) is 7.52. The maximum Gasteiger partial charge on any atom is 0.120 e. The number of methoxy groups -OCH3 is 1. The molecule has 5 heteroatoms. The third-order valence-corrected chi connectivity index (χ3v) is 5.33. The maximum atomic E-state index is 5.62. The summed E-state index contributed by atoms with van der Waals surface area (Å²) < 4.78 is 13.3. The van der Waals surface area contributed by atoms with Crippen LogP contribution in [0.1, 0.15) is 28.3 Å². The highest BCUT2D eigenvalue weighted by atomic mass is 16.5. The summed E-state index contributed by atoms with van der Waals surface area (Å²) in [7, 11) is 1.70.